The number of aryl methyl sites for hydroxylation is 1. The van der Waals surface area contributed by atoms with Crippen molar-refractivity contribution in [1.82, 2.24) is 0 Å². The van der Waals surface area contributed by atoms with Gasteiger partial charge in [0.2, 0.25) is 0 Å². The van der Waals surface area contributed by atoms with Gasteiger partial charge in [-0.2, -0.15) is 26.3 Å². The average molecular weight is 427 g/mol. The first kappa shape index (κ1) is 22.4. The maximum atomic E-state index is 14.3. The van der Waals surface area contributed by atoms with E-state index in [9.17, 15) is 39.9 Å². The molecule has 11 heteroatoms. The van der Waals surface area contributed by atoms with Gasteiger partial charge in [0.1, 0.15) is 11.6 Å². The molecule has 0 spiro atoms. The van der Waals surface area contributed by atoms with E-state index in [1.54, 1.807) is 0 Å². The Morgan fingerprint density at radius 2 is 1.52 bits per heavy atom. The molecular weight excluding hydrogens is 414 g/mol. The summed E-state index contributed by atoms with van der Waals surface area (Å²) >= 11 is 0. The quantitative estimate of drug-likeness (QED) is 0.638. The molecule has 2 aromatic carbocycles. The number of rotatable bonds is 4. The third-order valence-electron chi connectivity index (χ3n) is 4.06. The second-order valence-electron chi connectivity index (χ2n) is 5.96. The Kier molecular flexibility index (Phi) is 5.82. The molecule has 0 atom stereocenters. The first-order valence-corrected chi connectivity index (χ1v) is 7.81. The minimum absolute atomic E-state index is 0.185. The van der Waals surface area contributed by atoms with Crippen molar-refractivity contribution in [1.29, 1.82) is 0 Å². The molecule has 1 amide bonds. The molecule has 0 aromatic heterocycles. The second-order valence-corrected chi connectivity index (χ2v) is 5.96. The number of ether oxygens (including phenoxy) is 1. The third kappa shape index (κ3) is 3.99. The van der Waals surface area contributed by atoms with E-state index < -0.39 is 46.6 Å². The van der Waals surface area contributed by atoms with Crippen LogP contribution in [0.2, 0.25) is 0 Å². The standard InChI is InChI=1S/C18H13F8NO2/c1-9-7-10(16(20,17(21,22)23)18(24,25)26)8-13(29-2)14(9)27-15(28)11-5-3-4-6-12(11)19/h3-8H,1-2H3,(H,27,28). The number of methoxy groups -OCH3 is 1. The molecule has 0 aliphatic heterocycles. The highest BCUT2D eigenvalue weighted by Crippen LogP contribution is 2.54. The number of carbonyl (C=O) groups excluding carboxylic acids is 1. The molecular formula is C18H13F8NO2. The average Bonchev–Trinajstić information content (AvgIpc) is 2.60. The van der Waals surface area contributed by atoms with Crippen LogP contribution in [-0.2, 0) is 5.67 Å². The molecule has 29 heavy (non-hydrogen) atoms. The van der Waals surface area contributed by atoms with Crippen molar-refractivity contribution in [2.75, 3.05) is 12.4 Å². The van der Waals surface area contributed by atoms with Crippen molar-refractivity contribution in [2.24, 2.45) is 0 Å². The van der Waals surface area contributed by atoms with Gasteiger partial charge in [-0.25, -0.2) is 8.78 Å². The van der Waals surface area contributed by atoms with Crippen LogP contribution in [0.3, 0.4) is 0 Å². The molecule has 0 aliphatic carbocycles. The lowest BCUT2D eigenvalue weighted by Crippen LogP contribution is -2.50. The summed E-state index contributed by atoms with van der Waals surface area (Å²) in [5.74, 6) is -2.61. The Morgan fingerprint density at radius 1 is 0.966 bits per heavy atom. The fourth-order valence-corrected chi connectivity index (χ4v) is 2.59. The van der Waals surface area contributed by atoms with Crippen LogP contribution in [0.4, 0.5) is 40.8 Å². The fraction of sp³-hybridized carbons (Fsp3) is 0.278. The van der Waals surface area contributed by atoms with E-state index in [1.807, 2.05) is 0 Å². The Hall–Kier alpha value is -2.85. The lowest BCUT2D eigenvalue weighted by atomic mass is 9.92. The molecule has 0 radical (unpaired) electrons. The van der Waals surface area contributed by atoms with E-state index >= 15 is 0 Å². The van der Waals surface area contributed by atoms with Crippen LogP contribution < -0.4 is 10.1 Å². The molecule has 2 rings (SSSR count). The maximum Gasteiger partial charge on any atom is 0.435 e. The van der Waals surface area contributed by atoms with Crippen molar-refractivity contribution in [3.05, 3.63) is 58.9 Å². The normalized spacial score (nSPS) is 12.6. The molecule has 0 bridgehead atoms. The van der Waals surface area contributed by atoms with Crippen molar-refractivity contribution in [3.63, 3.8) is 0 Å². The number of nitrogens with one attached hydrogen (secondary N) is 1. The zero-order valence-electron chi connectivity index (χ0n) is 14.8. The lowest BCUT2D eigenvalue weighted by Gasteiger charge is -2.31. The number of carbonyl (C=O) groups is 1. The van der Waals surface area contributed by atoms with Gasteiger partial charge in [0, 0.05) is 5.56 Å². The minimum atomic E-state index is -6.30. The van der Waals surface area contributed by atoms with Crippen LogP contribution in [0.25, 0.3) is 0 Å². The number of halogens is 8. The zero-order valence-corrected chi connectivity index (χ0v) is 14.8. The van der Waals surface area contributed by atoms with Crippen molar-refractivity contribution < 1.29 is 44.7 Å². The van der Waals surface area contributed by atoms with Gasteiger partial charge in [0.05, 0.1) is 18.4 Å². The Bertz CT molecular complexity index is 907. The van der Waals surface area contributed by atoms with Crippen LogP contribution in [0.1, 0.15) is 21.5 Å². The van der Waals surface area contributed by atoms with E-state index in [0.29, 0.717) is 6.07 Å². The molecule has 0 heterocycles. The summed E-state index contributed by atoms with van der Waals surface area (Å²) in [6.45, 7) is 1.04. The van der Waals surface area contributed by atoms with Crippen LogP contribution >= 0.6 is 0 Å². The molecule has 0 saturated carbocycles. The summed E-state index contributed by atoms with van der Waals surface area (Å²) in [5, 5.41) is 2.15. The smallest absolute Gasteiger partial charge is 0.435 e. The van der Waals surface area contributed by atoms with Gasteiger partial charge >= 0.3 is 18.0 Å². The lowest BCUT2D eigenvalue weighted by molar-refractivity contribution is -0.348. The summed E-state index contributed by atoms with van der Waals surface area (Å²) in [6, 6.07) is 5.22. The van der Waals surface area contributed by atoms with Gasteiger partial charge < -0.3 is 10.1 Å². The predicted molar refractivity (Wildman–Crippen MR) is 87.0 cm³/mol. The van der Waals surface area contributed by atoms with Crippen molar-refractivity contribution in [2.45, 2.75) is 24.9 Å². The van der Waals surface area contributed by atoms with E-state index in [1.165, 1.54) is 12.1 Å². The Balaban J connectivity index is 2.57. The van der Waals surface area contributed by atoms with E-state index in [4.69, 9.17) is 4.74 Å². The van der Waals surface area contributed by atoms with Crippen molar-refractivity contribution in [3.8, 4) is 5.75 Å². The SMILES string of the molecule is COc1cc(C(F)(C(F)(F)F)C(F)(F)F)cc(C)c1NC(=O)c1ccccc1F. The first-order valence-electron chi connectivity index (χ1n) is 7.81. The zero-order chi connectivity index (χ0) is 22.2. The van der Waals surface area contributed by atoms with E-state index in [0.717, 1.165) is 26.2 Å². The Morgan fingerprint density at radius 3 is 2.00 bits per heavy atom. The molecule has 0 aliphatic rings. The summed E-state index contributed by atoms with van der Waals surface area (Å²) in [4.78, 5) is 12.2. The highest BCUT2D eigenvalue weighted by Gasteiger charge is 2.73. The molecule has 158 valence electrons. The van der Waals surface area contributed by atoms with Gasteiger partial charge in [-0.05, 0) is 36.8 Å². The van der Waals surface area contributed by atoms with E-state index in [-0.39, 0.29) is 17.3 Å². The summed E-state index contributed by atoms with van der Waals surface area (Å²) < 4.78 is 111. The summed E-state index contributed by atoms with van der Waals surface area (Å²) in [6.07, 6.45) is -12.6. The topological polar surface area (TPSA) is 38.3 Å². The minimum Gasteiger partial charge on any atom is -0.495 e. The Labute approximate surface area is 159 Å². The first-order chi connectivity index (χ1) is 13.2. The van der Waals surface area contributed by atoms with Crippen LogP contribution in [0.15, 0.2) is 36.4 Å². The largest absolute Gasteiger partial charge is 0.495 e. The van der Waals surface area contributed by atoms with Gasteiger partial charge in [-0.3, -0.25) is 4.79 Å². The molecule has 1 N–H and O–H groups in total. The van der Waals surface area contributed by atoms with Gasteiger partial charge in [-0.15, -0.1) is 0 Å². The van der Waals surface area contributed by atoms with Crippen LogP contribution in [0.5, 0.6) is 5.75 Å². The fourth-order valence-electron chi connectivity index (χ4n) is 2.59. The number of alkyl halides is 7. The second kappa shape index (κ2) is 7.53. The van der Waals surface area contributed by atoms with Crippen LogP contribution in [0, 0.1) is 12.7 Å². The van der Waals surface area contributed by atoms with E-state index in [2.05, 4.69) is 5.32 Å². The molecule has 0 saturated heterocycles. The number of hydrogen-bond donors (Lipinski definition) is 1. The molecule has 3 nitrogen and oxygen atoms in total. The molecule has 2 aromatic rings. The number of benzene rings is 2. The predicted octanol–water partition coefficient (Wildman–Crippen LogP) is 5.68. The maximum absolute atomic E-state index is 14.3. The number of amides is 1. The monoisotopic (exact) mass is 427 g/mol. The highest BCUT2D eigenvalue weighted by molar-refractivity contribution is 6.05. The summed E-state index contributed by atoms with van der Waals surface area (Å²) in [7, 11) is 0.901. The molecule has 0 unspecified atom stereocenters. The van der Waals surface area contributed by atoms with Crippen LogP contribution in [-0.4, -0.2) is 25.4 Å². The summed E-state index contributed by atoms with van der Waals surface area (Å²) in [5.41, 5.74) is -8.55. The number of anilines is 1. The molecule has 0 fully saturated rings. The van der Waals surface area contributed by atoms with Gasteiger partial charge in [-0.1, -0.05) is 12.1 Å². The number of hydrogen-bond acceptors (Lipinski definition) is 2. The highest BCUT2D eigenvalue weighted by atomic mass is 19.4. The third-order valence-corrected chi connectivity index (χ3v) is 4.06. The van der Waals surface area contributed by atoms with Gasteiger partial charge in [0.15, 0.2) is 0 Å². The van der Waals surface area contributed by atoms with Crippen molar-refractivity contribution >= 4 is 11.6 Å². The van der Waals surface area contributed by atoms with Gasteiger partial charge in [0.25, 0.3) is 5.91 Å².